The number of fused-ring (bicyclic) bond motifs is 1. The highest BCUT2D eigenvalue weighted by Gasteiger charge is 2.21. The highest BCUT2D eigenvalue weighted by Crippen LogP contribution is 2.43. The summed E-state index contributed by atoms with van der Waals surface area (Å²) in [6.07, 6.45) is 0.193. The molecule has 1 heterocycles. The number of hydrogen-bond acceptors (Lipinski definition) is 7. The van der Waals surface area contributed by atoms with Crippen LogP contribution in [0.15, 0.2) is 12.1 Å². The van der Waals surface area contributed by atoms with Gasteiger partial charge in [-0.15, -0.1) is 0 Å². The Labute approximate surface area is 151 Å². The van der Waals surface area contributed by atoms with Crippen molar-refractivity contribution < 1.29 is 23.7 Å². The maximum atomic E-state index is 11.8. The van der Waals surface area contributed by atoms with E-state index in [9.17, 15) is 4.79 Å². The molecule has 1 aromatic heterocycles. The van der Waals surface area contributed by atoms with Crippen molar-refractivity contribution in [3.05, 3.63) is 22.8 Å². The van der Waals surface area contributed by atoms with E-state index in [-0.39, 0.29) is 18.2 Å². The van der Waals surface area contributed by atoms with E-state index in [0.717, 1.165) is 0 Å². The van der Waals surface area contributed by atoms with Crippen LogP contribution < -0.4 is 19.9 Å². The van der Waals surface area contributed by atoms with Gasteiger partial charge in [-0.1, -0.05) is 11.6 Å². The van der Waals surface area contributed by atoms with Crippen molar-refractivity contribution in [3.8, 4) is 17.2 Å². The van der Waals surface area contributed by atoms with Crippen LogP contribution in [-0.4, -0.2) is 44.9 Å². The molecule has 0 spiro atoms. The fraction of sp³-hybridized carbons (Fsp3) is 0.412. The molecule has 2 aromatic rings. The molecule has 0 saturated heterocycles. The Morgan fingerprint density at radius 2 is 1.88 bits per heavy atom. The van der Waals surface area contributed by atoms with E-state index < -0.39 is 12.0 Å². The van der Waals surface area contributed by atoms with Crippen molar-refractivity contribution in [2.75, 3.05) is 27.9 Å². The number of rotatable bonds is 7. The van der Waals surface area contributed by atoms with Gasteiger partial charge in [-0.25, -0.2) is 4.98 Å². The molecular formula is C17H21ClN2O5. The lowest BCUT2D eigenvalue weighted by atomic mass is 10.0. The average molecular weight is 369 g/mol. The standard InChI is InChI=1S/C17H21ClN2O5/c1-5-25-17(21)11(19)7-9-6-10-12(20-16(9)18)8-13(22-2)15(24-4)14(10)23-3/h6,8,11H,5,7,19H2,1-4H3. The molecule has 1 unspecified atom stereocenters. The maximum absolute atomic E-state index is 11.8. The third-order valence-electron chi connectivity index (χ3n) is 3.68. The van der Waals surface area contributed by atoms with E-state index in [2.05, 4.69) is 4.98 Å². The van der Waals surface area contributed by atoms with Gasteiger partial charge in [0.05, 0.1) is 33.5 Å². The number of halogens is 1. The molecule has 0 aliphatic carbocycles. The minimum absolute atomic E-state index is 0.193. The smallest absolute Gasteiger partial charge is 0.323 e. The summed E-state index contributed by atoms with van der Waals surface area (Å²) in [6.45, 7) is 1.99. The van der Waals surface area contributed by atoms with Crippen LogP contribution in [0, 0.1) is 0 Å². The van der Waals surface area contributed by atoms with Crippen molar-refractivity contribution in [2.24, 2.45) is 5.73 Å². The maximum Gasteiger partial charge on any atom is 0.323 e. The Kier molecular flexibility index (Phi) is 6.27. The predicted molar refractivity (Wildman–Crippen MR) is 94.7 cm³/mol. The number of methoxy groups -OCH3 is 3. The van der Waals surface area contributed by atoms with Crippen LogP contribution in [0.3, 0.4) is 0 Å². The molecule has 0 radical (unpaired) electrons. The molecule has 25 heavy (non-hydrogen) atoms. The van der Waals surface area contributed by atoms with E-state index in [1.54, 1.807) is 19.1 Å². The van der Waals surface area contributed by atoms with Gasteiger partial charge in [0.2, 0.25) is 5.75 Å². The summed E-state index contributed by atoms with van der Waals surface area (Å²) >= 11 is 6.26. The van der Waals surface area contributed by atoms with E-state index >= 15 is 0 Å². The van der Waals surface area contributed by atoms with Gasteiger partial charge in [-0.2, -0.15) is 0 Å². The molecule has 136 valence electrons. The molecule has 1 aromatic carbocycles. The van der Waals surface area contributed by atoms with Gasteiger partial charge in [0, 0.05) is 17.9 Å². The number of aromatic nitrogens is 1. The number of benzene rings is 1. The van der Waals surface area contributed by atoms with Gasteiger partial charge in [-0.05, 0) is 18.6 Å². The quantitative estimate of drug-likeness (QED) is 0.592. The number of carbonyl (C=O) groups is 1. The van der Waals surface area contributed by atoms with Gasteiger partial charge >= 0.3 is 5.97 Å². The zero-order chi connectivity index (χ0) is 18.6. The Morgan fingerprint density at radius 1 is 1.20 bits per heavy atom. The third kappa shape index (κ3) is 3.88. The van der Waals surface area contributed by atoms with Crippen LogP contribution in [0.5, 0.6) is 17.2 Å². The summed E-state index contributed by atoms with van der Waals surface area (Å²) in [5, 5.41) is 0.928. The molecule has 1 atom stereocenters. The van der Waals surface area contributed by atoms with E-state index in [0.29, 0.717) is 33.7 Å². The van der Waals surface area contributed by atoms with Gasteiger partial charge < -0.3 is 24.7 Å². The molecule has 0 saturated carbocycles. The second-order valence-electron chi connectivity index (χ2n) is 5.21. The lowest BCUT2D eigenvalue weighted by Crippen LogP contribution is -2.34. The number of carbonyl (C=O) groups excluding carboxylic acids is 1. The normalized spacial score (nSPS) is 11.9. The second-order valence-corrected chi connectivity index (χ2v) is 5.57. The number of nitrogens with two attached hydrogens (primary N) is 1. The molecule has 0 aliphatic heterocycles. The van der Waals surface area contributed by atoms with E-state index in [1.807, 2.05) is 0 Å². The topological polar surface area (TPSA) is 92.9 Å². The minimum atomic E-state index is -0.831. The van der Waals surface area contributed by atoms with Crippen LogP contribution in [-0.2, 0) is 16.0 Å². The SMILES string of the molecule is CCOC(=O)C(N)Cc1cc2c(OC)c(OC)c(OC)cc2nc1Cl. The molecule has 2 N–H and O–H groups in total. The van der Waals surface area contributed by atoms with Crippen LogP contribution in [0.4, 0.5) is 0 Å². The molecule has 0 bridgehead atoms. The fourth-order valence-corrected chi connectivity index (χ4v) is 2.74. The number of esters is 1. The largest absolute Gasteiger partial charge is 0.493 e. The zero-order valence-electron chi connectivity index (χ0n) is 14.6. The van der Waals surface area contributed by atoms with Crippen molar-refractivity contribution in [1.29, 1.82) is 0 Å². The number of hydrogen-bond donors (Lipinski definition) is 1. The van der Waals surface area contributed by atoms with Crippen LogP contribution in [0.25, 0.3) is 10.9 Å². The molecule has 0 amide bonds. The van der Waals surface area contributed by atoms with Gasteiger partial charge in [0.1, 0.15) is 11.2 Å². The number of ether oxygens (including phenoxy) is 4. The minimum Gasteiger partial charge on any atom is -0.493 e. The predicted octanol–water partition coefficient (Wildman–Crippen LogP) is 2.35. The molecule has 7 nitrogen and oxygen atoms in total. The summed E-state index contributed by atoms with van der Waals surface area (Å²) in [5.74, 6) is 0.901. The molecule has 0 fully saturated rings. The van der Waals surface area contributed by atoms with Crippen LogP contribution in [0.1, 0.15) is 12.5 Å². The molecule has 0 aliphatic rings. The van der Waals surface area contributed by atoms with Crippen LogP contribution >= 0.6 is 11.6 Å². The Hall–Kier alpha value is -2.25. The van der Waals surface area contributed by atoms with Gasteiger partial charge in [0.25, 0.3) is 0 Å². The molecule has 8 heteroatoms. The lowest BCUT2D eigenvalue weighted by molar-refractivity contribution is -0.144. The fourth-order valence-electron chi connectivity index (χ4n) is 2.52. The van der Waals surface area contributed by atoms with Crippen molar-refractivity contribution >= 4 is 28.5 Å². The van der Waals surface area contributed by atoms with Crippen LogP contribution in [0.2, 0.25) is 5.15 Å². The summed E-state index contributed by atoms with van der Waals surface area (Å²) in [6, 6.07) is 2.66. The van der Waals surface area contributed by atoms with E-state index in [1.165, 1.54) is 21.3 Å². The van der Waals surface area contributed by atoms with Crippen molar-refractivity contribution in [2.45, 2.75) is 19.4 Å². The summed E-state index contributed by atoms with van der Waals surface area (Å²) in [7, 11) is 4.57. The van der Waals surface area contributed by atoms with Gasteiger partial charge in [0.15, 0.2) is 11.5 Å². The highest BCUT2D eigenvalue weighted by atomic mass is 35.5. The van der Waals surface area contributed by atoms with Crippen molar-refractivity contribution in [3.63, 3.8) is 0 Å². The van der Waals surface area contributed by atoms with Crippen molar-refractivity contribution in [1.82, 2.24) is 4.98 Å². The molecule has 2 rings (SSSR count). The first kappa shape index (κ1) is 19.1. The third-order valence-corrected chi connectivity index (χ3v) is 4.01. The Balaban J connectivity index is 2.54. The Bertz CT molecular complexity index is 781. The lowest BCUT2D eigenvalue weighted by Gasteiger charge is -2.16. The van der Waals surface area contributed by atoms with E-state index in [4.69, 9.17) is 36.3 Å². The first-order chi connectivity index (χ1) is 12.0. The summed E-state index contributed by atoms with van der Waals surface area (Å²) < 4.78 is 21.1. The monoisotopic (exact) mass is 368 g/mol. The average Bonchev–Trinajstić information content (AvgIpc) is 2.60. The first-order valence-corrected chi connectivity index (χ1v) is 8.04. The molecular weight excluding hydrogens is 348 g/mol. The Morgan fingerprint density at radius 3 is 2.44 bits per heavy atom. The van der Waals surface area contributed by atoms with Gasteiger partial charge in [-0.3, -0.25) is 4.79 Å². The first-order valence-electron chi connectivity index (χ1n) is 7.67. The summed E-state index contributed by atoms with van der Waals surface area (Å²) in [4.78, 5) is 16.1. The second kappa shape index (κ2) is 8.22. The number of nitrogens with zero attached hydrogens (tertiary/aromatic N) is 1. The highest BCUT2D eigenvalue weighted by molar-refractivity contribution is 6.30. The zero-order valence-corrected chi connectivity index (χ0v) is 15.3. The summed E-state index contributed by atoms with van der Waals surface area (Å²) in [5.41, 5.74) is 7.07. The number of pyridine rings is 1.